The van der Waals surface area contributed by atoms with Gasteiger partial charge in [-0.2, -0.15) is 23.5 Å². The minimum absolute atomic E-state index is 0.405. The van der Waals surface area contributed by atoms with Gasteiger partial charge in [0, 0.05) is 20.0 Å². The summed E-state index contributed by atoms with van der Waals surface area (Å²) in [6, 6.07) is 0. The van der Waals surface area contributed by atoms with Crippen molar-refractivity contribution < 1.29 is 0 Å². The molecule has 3 unspecified atom stereocenters. The van der Waals surface area contributed by atoms with Crippen molar-refractivity contribution in [2.45, 2.75) is 133 Å². The van der Waals surface area contributed by atoms with Crippen LogP contribution in [0.2, 0.25) is 0 Å². The van der Waals surface area contributed by atoms with Gasteiger partial charge in [-0.15, -0.1) is 0 Å². The third-order valence-electron chi connectivity index (χ3n) is 6.68. The van der Waals surface area contributed by atoms with Gasteiger partial charge in [-0.25, -0.2) is 0 Å². The number of thioether (sulfide) groups is 2. The summed E-state index contributed by atoms with van der Waals surface area (Å²) in [5, 5.41) is 1.56. The van der Waals surface area contributed by atoms with Gasteiger partial charge in [0.05, 0.1) is 0 Å². The number of hydrogen-bond donors (Lipinski definition) is 0. The van der Waals surface area contributed by atoms with E-state index in [0.29, 0.717) is 9.49 Å². The molecule has 2 bridgehead atoms. The van der Waals surface area contributed by atoms with E-state index in [1.54, 1.807) is 12.8 Å². The number of rotatable bonds is 0. The Hall–Kier alpha value is 0.700. The van der Waals surface area contributed by atoms with Crippen LogP contribution in [0, 0.1) is 17.8 Å². The second-order valence-corrected chi connectivity index (χ2v) is 15.2. The minimum atomic E-state index is 0.405. The maximum absolute atomic E-state index is 2.50. The van der Waals surface area contributed by atoms with Gasteiger partial charge in [-0.05, 0) is 56.3 Å². The maximum Gasteiger partial charge on any atom is 0.0116 e. The molecular weight excluding hydrogens is 352 g/mol. The highest BCUT2D eigenvalue weighted by Gasteiger charge is 2.31. The molecule has 1 saturated carbocycles. The van der Waals surface area contributed by atoms with E-state index in [9.17, 15) is 0 Å². The standard InChI is InChI=1S/C24H46S2/c1-18-11-12-22-15-21(16-22)10-8-9-19(2)25-24(6,7)17-20(3)26-23(4,5)14-13-18/h18-22H,8-17H2,1-7H3. The van der Waals surface area contributed by atoms with Crippen LogP contribution in [0.3, 0.4) is 0 Å². The van der Waals surface area contributed by atoms with E-state index < -0.39 is 0 Å². The van der Waals surface area contributed by atoms with E-state index in [0.717, 1.165) is 28.3 Å². The van der Waals surface area contributed by atoms with Gasteiger partial charge in [0.1, 0.15) is 0 Å². The van der Waals surface area contributed by atoms with E-state index in [-0.39, 0.29) is 0 Å². The molecule has 3 rings (SSSR count). The molecule has 154 valence electrons. The molecule has 1 aliphatic carbocycles. The van der Waals surface area contributed by atoms with Gasteiger partial charge in [0.2, 0.25) is 0 Å². The van der Waals surface area contributed by atoms with Crippen molar-refractivity contribution in [2.75, 3.05) is 0 Å². The molecule has 0 aromatic carbocycles. The van der Waals surface area contributed by atoms with Crippen molar-refractivity contribution in [3.8, 4) is 0 Å². The van der Waals surface area contributed by atoms with E-state index in [1.165, 1.54) is 51.4 Å². The fraction of sp³-hybridized carbons (Fsp3) is 1.00. The molecule has 0 N–H and O–H groups in total. The molecular formula is C24H46S2. The van der Waals surface area contributed by atoms with Crippen LogP contribution in [-0.2, 0) is 0 Å². The zero-order valence-corrected chi connectivity index (χ0v) is 20.4. The third kappa shape index (κ3) is 8.38. The Balaban J connectivity index is 1.94. The average molecular weight is 399 g/mol. The van der Waals surface area contributed by atoms with Crippen LogP contribution in [0.25, 0.3) is 0 Å². The molecule has 26 heavy (non-hydrogen) atoms. The van der Waals surface area contributed by atoms with Crippen molar-refractivity contribution in [1.82, 2.24) is 0 Å². The van der Waals surface area contributed by atoms with Gasteiger partial charge in [0.15, 0.2) is 0 Å². The van der Waals surface area contributed by atoms with Gasteiger partial charge in [-0.1, -0.05) is 74.1 Å². The molecule has 3 atom stereocenters. The molecule has 2 heterocycles. The fourth-order valence-corrected chi connectivity index (χ4v) is 8.94. The third-order valence-corrected chi connectivity index (χ3v) is 9.54. The Morgan fingerprint density at radius 2 is 1.27 bits per heavy atom. The summed E-state index contributed by atoms with van der Waals surface area (Å²) < 4.78 is 0.829. The predicted octanol–water partition coefficient (Wildman–Crippen LogP) is 8.58. The van der Waals surface area contributed by atoms with Crippen molar-refractivity contribution >= 4 is 23.5 Å². The SMILES string of the molecule is CC1CCC2CC(CCCC(C)SC(C)(C)CC(C)SC(C)(C)CC1)C2. The second kappa shape index (κ2) is 9.95. The van der Waals surface area contributed by atoms with Crippen LogP contribution in [0.15, 0.2) is 0 Å². The fourth-order valence-electron chi connectivity index (χ4n) is 5.29. The lowest BCUT2D eigenvalue weighted by atomic mass is 9.70. The Morgan fingerprint density at radius 1 is 0.654 bits per heavy atom. The van der Waals surface area contributed by atoms with E-state index in [4.69, 9.17) is 0 Å². The van der Waals surface area contributed by atoms with Crippen molar-refractivity contribution in [2.24, 2.45) is 17.8 Å². The minimum Gasteiger partial charge on any atom is -0.153 e. The monoisotopic (exact) mass is 398 g/mol. The second-order valence-electron chi connectivity index (χ2n) is 10.9. The van der Waals surface area contributed by atoms with Crippen LogP contribution in [-0.4, -0.2) is 20.0 Å². The lowest BCUT2D eigenvalue weighted by Crippen LogP contribution is -2.27. The highest BCUT2D eigenvalue weighted by Crippen LogP contribution is 2.44. The maximum atomic E-state index is 2.50. The van der Waals surface area contributed by atoms with Crippen LogP contribution in [0.1, 0.15) is 113 Å². The lowest BCUT2D eigenvalue weighted by Gasteiger charge is -2.37. The quantitative estimate of drug-likeness (QED) is 0.400. The van der Waals surface area contributed by atoms with Gasteiger partial charge in [0.25, 0.3) is 0 Å². The predicted molar refractivity (Wildman–Crippen MR) is 125 cm³/mol. The highest BCUT2D eigenvalue weighted by molar-refractivity contribution is 8.02. The normalized spacial score (nSPS) is 40.0. The highest BCUT2D eigenvalue weighted by atomic mass is 32.2. The molecule has 2 heteroatoms. The first-order chi connectivity index (χ1) is 12.0. The molecule has 0 aromatic rings. The summed E-state index contributed by atoms with van der Waals surface area (Å²) in [6.07, 6.45) is 14.5. The van der Waals surface area contributed by atoms with Crippen molar-refractivity contribution in [3.63, 3.8) is 0 Å². The van der Waals surface area contributed by atoms with E-state index >= 15 is 0 Å². The zero-order chi connectivity index (χ0) is 19.4. The lowest BCUT2D eigenvalue weighted by molar-refractivity contribution is 0.158. The Kier molecular flexibility index (Phi) is 8.79. The zero-order valence-electron chi connectivity index (χ0n) is 18.8. The molecule has 2 aliphatic heterocycles. The summed E-state index contributed by atoms with van der Waals surface area (Å²) in [6.45, 7) is 17.4. The molecule has 2 saturated heterocycles. The summed E-state index contributed by atoms with van der Waals surface area (Å²) in [5.74, 6) is 3.04. The Bertz CT molecular complexity index is 408. The molecule has 3 fully saturated rings. The molecule has 3 aliphatic rings. The van der Waals surface area contributed by atoms with Crippen LogP contribution < -0.4 is 0 Å². The summed E-state index contributed by atoms with van der Waals surface area (Å²) in [5.41, 5.74) is 0. The van der Waals surface area contributed by atoms with Crippen LogP contribution >= 0.6 is 23.5 Å². The van der Waals surface area contributed by atoms with Crippen molar-refractivity contribution in [1.29, 1.82) is 0 Å². The Morgan fingerprint density at radius 3 is 1.96 bits per heavy atom. The number of hydrogen-bond acceptors (Lipinski definition) is 2. The molecule has 0 amide bonds. The molecule has 0 spiro atoms. The molecule has 0 aromatic heterocycles. The van der Waals surface area contributed by atoms with E-state index in [1.807, 2.05) is 0 Å². The topological polar surface area (TPSA) is 0 Å². The first kappa shape index (κ1) is 23.0. The number of fused-ring (bicyclic) bond motifs is 14. The molecule has 0 nitrogen and oxygen atoms in total. The summed E-state index contributed by atoms with van der Waals surface area (Å²) in [4.78, 5) is 0. The average Bonchev–Trinajstić information content (AvgIpc) is 2.43. The van der Waals surface area contributed by atoms with Crippen LogP contribution in [0.5, 0.6) is 0 Å². The van der Waals surface area contributed by atoms with Crippen molar-refractivity contribution in [3.05, 3.63) is 0 Å². The van der Waals surface area contributed by atoms with Gasteiger partial charge >= 0.3 is 0 Å². The largest absolute Gasteiger partial charge is 0.153 e. The van der Waals surface area contributed by atoms with E-state index in [2.05, 4.69) is 72.0 Å². The smallest absolute Gasteiger partial charge is 0.0116 e. The summed E-state index contributed by atoms with van der Waals surface area (Å²) in [7, 11) is 0. The van der Waals surface area contributed by atoms with Gasteiger partial charge < -0.3 is 0 Å². The Labute approximate surface area is 173 Å². The molecule has 0 radical (unpaired) electrons. The van der Waals surface area contributed by atoms with Gasteiger partial charge in [-0.3, -0.25) is 0 Å². The van der Waals surface area contributed by atoms with Crippen LogP contribution in [0.4, 0.5) is 0 Å². The first-order valence-corrected chi connectivity index (χ1v) is 13.2. The summed E-state index contributed by atoms with van der Waals surface area (Å²) >= 11 is 4.50. The first-order valence-electron chi connectivity index (χ1n) is 11.4.